The van der Waals surface area contributed by atoms with Crippen LogP contribution in [0.3, 0.4) is 0 Å². The van der Waals surface area contributed by atoms with Crippen molar-refractivity contribution in [3.8, 4) is 0 Å². The maximum absolute atomic E-state index is 11.6. The van der Waals surface area contributed by atoms with Gasteiger partial charge in [0.15, 0.2) is 0 Å². The normalized spacial score (nSPS) is 27.4. The third kappa shape index (κ3) is 2.74. The van der Waals surface area contributed by atoms with Gasteiger partial charge in [-0.15, -0.1) is 0 Å². The van der Waals surface area contributed by atoms with Crippen LogP contribution >= 0.6 is 0 Å². The number of ether oxygens (including phenoxy) is 1. The zero-order valence-electron chi connectivity index (χ0n) is 10.1. The van der Waals surface area contributed by atoms with Gasteiger partial charge >= 0.3 is 0 Å². The van der Waals surface area contributed by atoms with Gasteiger partial charge in [0, 0.05) is 25.1 Å². The molecular weight excluding hydrogens is 204 g/mol. The largest absolute Gasteiger partial charge is 0.384 e. The van der Waals surface area contributed by atoms with Gasteiger partial charge in [-0.2, -0.15) is 0 Å². The fourth-order valence-electron chi connectivity index (χ4n) is 2.76. The summed E-state index contributed by atoms with van der Waals surface area (Å²) >= 11 is 0. The van der Waals surface area contributed by atoms with Crippen LogP contribution in [0.4, 0.5) is 0 Å². The van der Waals surface area contributed by atoms with Crippen molar-refractivity contribution in [2.75, 3.05) is 20.3 Å². The molecule has 2 aliphatic rings. The summed E-state index contributed by atoms with van der Waals surface area (Å²) in [6.45, 7) is 1.55. The Bertz CT molecular complexity index is 251. The molecule has 1 aliphatic carbocycles. The fraction of sp³-hybridized carbons (Fsp3) is 0.917. The Kier molecular flexibility index (Phi) is 3.82. The van der Waals surface area contributed by atoms with Crippen molar-refractivity contribution in [3.63, 3.8) is 0 Å². The number of hydrogen-bond acceptors (Lipinski definition) is 3. The van der Waals surface area contributed by atoms with Gasteiger partial charge in [0.2, 0.25) is 5.91 Å². The molecule has 1 amide bonds. The monoisotopic (exact) mass is 226 g/mol. The van der Waals surface area contributed by atoms with Gasteiger partial charge in [-0.05, 0) is 38.6 Å². The van der Waals surface area contributed by atoms with Crippen LogP contribution in [-0.4, -0.2) is 37.7 Å². The first kappa shape index (κ1) is 11.9. The van der Waals surface area contributed by atoms with E-state index in [0.717, 1.165) is 19.4 Å². The van der Waals surface area contributed by atoms with Crippen LogP contribution in [0.2, 0.25) is 0 Å². The van der Waals surface area contributed by atoms with E-state index in [1.807, 2.05) is 0 Å². The summed E-state index contributed by atoms with van der Waals surface area (Å²) in [6.07, 6.45) is 6.52. The molecule has 0 aromatic rings. The number of carbonyl (C=O) groups is 1. The molecule has 4 heteroatoms. The first-order chi connectivity index (χ1) is 7.74. The molecule has 2 N–H and O–H groups in total. The van der Waals surface area contributed by atoms with E-state index in [0.29, 0.717) is 24.6 Å². The Labute approximate surface area is 97.1 Å². The SMILES string of the molecule is COCCC(=O)NC1CCNC2(CCC2)C1. The van der Waals surface area contributed by atoms with Gasteiger partial charge in [0.05, 0.1) is 6.61 Å². The Hall–Kier alpha value is -0.610. The molecule has 0 bridgehead atoms. The molecule has 0 radical (unpaired) electrons. The first-order valence-electron chi connectivity index (χ1n) is 6.27. The predicted octanol–water partition coefficient (Wildman–Crippen LogP) is 0.814. The lowest BCUT2D eigenvalue weighted by atomic mass is 9.70. The molecule has 1 spiro atoms. The molecule has 1 heterocycles. The standard InChI is InChI=1S/C12H22N2O2/c1-16-8-4-11(15)14-10-3-7-13-12(9-10)5-2-6-12/h10,13H,2-9H2,1H3,(H,14,15). The summed E-state index contributed by atoms with van der Waals surface area (Å²) in [4.78, 5) is 11.6. The molecule has 0 aromatic heterocycles. The minimum atomic E-state index is 0.128. The maximum atomic E-state index is 11.6. The highest BCUT2D eigenvalue weighted by Gasteiger charge is 2.41. The van der Waals surface area contributed by atoms with Crippen molar-refractivity contribution in [2.24, 2.45) is 0 Å². The van der Waals surface area contributed by atoms with Crippen LogP contribution in [-0.2, 0) is 9.53 Å². The van der Waals surface area contributed by atoms with Crippen molar-refractivity contribution >= 4 is 5.91 Å². The lowest BCUT2D eigenvalue weighted by Crippen LogP contribution is -2.59. The van der Waals surface area contributed by atoms with Gasteiger partial charge in [-0.25, -0.2) is 0 Å². The number of hydrogen-bond donors (Lipinski definition) is 2. The molecule has 1 aliphatic heterocycles. The second-order valence-electron chi connectivity index (χ2n) is 5.06. The number of nitrogens with one attached hydrogen (secondary N) is 2. The van der Waals surface area contributed by atoms with E-state index in [1.54, 1.807) is 7.11 Å². The van der Waals surface area contributed by atoms with E-state index in [2.05, 4.69) is 10.6 Å². The first-order valence-corrected chi connectivity index (χ1v) is 6.27. The van der Waals surface area contributed by atoms with Crippen molar-refractivity contribution in [1.82, 2.24) is 10.6 Å². The van der Waals surface area contributed by atoms with Gasteiger partial charge in [0.1, 0.15) is 0 Å². The average molecular weight is 226 g/mol. The van der Waals surface area contributed by atoms with E-state index in [4.69, 9.17) is 4.74 Å². The molecule has 1 saturated carbocycles. The molecule has 4 nitrogen and oxygen atoms in total. The minimum absolute atomic E-state index is 0.128. The van der Waals surface area contributed by atoms with Crippen molar-refractivity contribution < 1.29 is 9.53 Å². The van der Waals surface area contributed by atoms with Crippen LogP contribution in [0.5, 0.6) is 0 Å². The topological polar surface area (TPSA) is 50.4 Å². The number of rotatable bonds is 4. The Morgan fingerprint density at radius 3 is 3.00 bits per heavy atom. The molecule has 1 atom stereocenters. The lowest BCUT2D eigenvalue weighted by molar-refractivity contribution is -0.123. The third-order valence-electron chi connectivity index (χ3n) is 3.84. The Morgan fingerprint density at radius 1 is 1.56 bits per heavy atom. The van der Waals surface area contributed by atoms with Crippen LogP contribution in [0.15, 0.2) is 0 Å². The second-order valence-corrected chi connectivity index (χ2v) is 5.06. The summed E-state index contributed by atoms with van der Waals surface area (Å²) in [6, 6.07) is 0.367. The van der Waals surface area contributed by atoms with Gasteiger partial charge in [-0.3, -0.25) is 4.79 Å². The van der Waals surface area contributed by atoms with Gasteiger partial charge in [0.25, 0.3) is 0 Å². The Balaban J connectivity index is 1.74. The van der Waals surface area contributed by atoms with E-state index in [9.17, 15) is 4.79 Å². The quantitative estimate of drug-likeness (QED) is 0.746. The van der Waals surface area contributed by atoms with Gasteiger partial charge < -0.3 is 15.4 Å². The Morgan fingerprint density at radius 2 is 2.38 bits per heavy atom. The summed E-state index contributed by atoms with van der Waals surface area (Å²) in [5.74, 6) is 0.128. The predicted molar refractivity (Wildman–Crippen MR) is 62.2 cm³/mol. The molecule has 92 valence electrons. The molecule has 2 fully saturated rings. The summed E-state index contributed by atoms with van der Waals surface area (Å²) < 4.78 is 4.90. The minimum Gasteiger partial charge on any atom is -0.384 e. The molecule has 1 saturated heterocycles. The highest BCUT2D eigenvalue weighted by Crippen LogP contribution is 2.38. The highest BCUT2D eigenvalue weighted by atomic mass is 16.5. The summed E-state index contributed by atoms with van der Waals surface area (Å²) in [5, 5.41) is 6.72. The third-order valence-corrected chi connectivity index (χ3v) is 3.84. The maximum Gasteiger partial charge on any atom is 0.222 e. The fourth-order valence-corrected chi connectivity index (χ4v) is 2.76. The van der Waals surface area contributed by atoms with E-state index >= 15 is 0 Å². The zero-order chi connectivity index (χ0) is 11.4. The smallest absolute Gasteiger partial charge is 0.222 e. The molecule has 0 aromatic carbocycles. The second kappa shape index (κ2) is 5.15. The molecular formula is C12H22N2O2. The average Bonchev–Trinajstić information content (AvgIpc) is 2.24. The van der Waals surface area contributed by atoms with Crippen LogP contribution in [0.1, 0.15) is 38.5 Å². The van der Waals surface area contributed by atoms with Crippen molar-refractivity contribution in [3.05, 3.63) is 0 Å². The van der Waals surface area contributed by atoms with Crippen LogP contribution in [0.25, 0.3) is 0 Å². The lowest BCUT2D eigenvalue weighted by Gasteiger charge is -2.48. The number of piperidine rings is 1. The van der Waals surface area contributed by atoms with Crippen LogP contribution < -0.4 is 10.6 Å². The number of amides is 1. The van der Waals surface area contributed by atoms with E-state index in [-0.39, 0.29) is 5.91 Å². The highest BCUT2D eigenvalue weighted by molar-refractivity contribution is 5.76. The zero-order valence-corrected chi connectivity index (χ0v) is 10.1. The number of carbonyl (C=O) groups excluding carboxylic acids is 1. The molecule has 16 heavy (non-hydrogen) atoms. The number of methoxy groups -OCH3 is 1. The summed E-state index contributed by atoms with van der Waals surface area (Å²) in [7, 11) is 1.63. The van der Waals surface area contributed by atoms with Crippen LogP contribution in [0, 0.1) is 0 Å². The van der Waals surface area contributed by atoms with Crippen molar-refractivity contribution in [1.29, 1.82) is 0 Å². The van der Waals surface area contributed by atoms with Crippen molar-refractivity contribution in [2.45, 2.75) is 50.1 Å². The van der Waals surface area contributed by atoms with Gasteiger partial charge in [-0.1, -0.05) is 0 Å². The summed E-state index contributed by atoms with van der Waals surface area (Å²) in [5.41, 5.74) is 0.359. The molecule has 2 rings (SSSR count). The molecule has 1 unspecified atom stereocenters. The van der Waals surface area contributed by atoms with E-state index in [1.165, 1.54) is 19.3 Å². The van der Waals surface area contributed by atoms with E-state index < -0.39 is 0 Å².